The van der Waals surface area contributed by atoms with Crippen molar-refractivity contribution in [1.29, 1.82) is 0 Å². The van der Waals surface area contributed by atoms with Gasteiger partial charge < -0.3 is 20.6 Å². The van der Waals surface area contributed by atoms with Crippen LogP contribution in [0.4, 0.5) is 19.4 Å². The van der Waals surface area contributed by atoms with Crippen molar-refractivity contribution in [3.8, 4) is 0 Å². The Hall–Kier alpha value is -3.27. The Kier molecular flexibility index (Phi) is 4.73. The minimum Gasteiger partial charge on any atom is -0.391 e. The second kappa shape index (κ2) is 7.45. The molecule has 0 saturated carbocycles. The molecule has 0 bridgehead atoms. The molecule has 3 atom stereocenters. The third-order valence-corrected chi connectivity index (χ3v) is 6.21. The van der Waals surface area contributed by atoms with E-state index >= 15 is 0 Å². The fraction of sp³-hybridized carbons (Fsp3) is 0.381. The zero-order valence-corrected chi connectivity index (χ0v) is 16.7. The molecular weight excluding hydrogens is 406 g/mol. The summed E-state index contributed by atoms with van der Waals surface area (Å²) in [5, 5.41) is 14.8. The fourth-order valence-corrected chi connectivity index (χ4v) is 4.78. The second-order valence-corrected chi connectivity index (χ2v) is 8.00. The van der Waals surface area contributed by atoms with Crippen molar-refractivity contribution >= 4 is 17.5 Å². The quantitative estimate of drug-likeness (QED) is 0.668. The highest BCUT2D eigenvalue weighted by atomic mass is 19.1. The Morgan fingerprint density at radius 1 is 1.16 bits per heavy atom. The molecule has 5 rings (SSSR count). The highest BCUT2D eigenvalue weighted by molar-refractivity contribution is 5.74. The molecule has 0 spiro atoms. The van der Waals surface area contributed by atoms with E-state index in [1.54, 1.807) is 23.0 Å². The van der Waals surface area contributed by atoms with Gasteiger partial charge in [-0.3, -0.25) is 0 Å². The standard InChI is InChI=1S/C21H22F2N6O2/c22-12-3-4-15(23)13(10-12)16-2-1-7-27(16)18-6-9-29-20(26-18)14(11-25-29)19-17(30)5-8-28(19)21(24)31/h3-4,6,9-11,16-17,19,30H,1-2,5,7-8H2,(H2,24,31)/t16-,17?,19?/m1/s1. The van der Waals surface area contributed by atoms with Gasteiger partial charge in [-0.25, -0.2) is 23.1 Å². The molecule has 162 valence electrons. The Morgan fingerprint density at radius 3 is 2.81 bits per heavy atom. The number of rotatable bonds is 3. The number of nitrogens with zero attached hydrogens (tertiary/aromatic N) is 5. The number of benzene rings is 1. The van der Waals surface area contributed by atoms with Crippen LogP contribution < -0.4 is 10.6 Å². The number of fused-ring (bicyclic) bond motifs is 1. The van der Waals surface area contributed by atoms with Gasteiger partial charge in [0.2, 0.25) is 0 Å². The molecule has 4 heterocycles. The van der Waals surface area contributed by atoms with Gasteiger partial charge in [0, 0.05) is 30.4 Å². The normalized spacial score (nSPS) is 23.8. The molecular formula is C21H22F2N6O2. The average Bonchev–Trinajstić information content (AvgIpc) is 3.47. The Labute approximate surface area is 176 Å². The van der Waals surface area contributed by atoms with Gasteiger partial charge in [0.15, 0.2) is 5.65 Å². The van der Waals surface area contributed by atoms with Crippen molar-refractivity contribution < 1.29 is 18.7 Å². The van der Waals surface area contributed by atoms with Crippen LogP contribution >= 0.6 is 0 Å². The second-order valence-electron chi connectivity index (χ2n) is 8.00. The predicted molar refractivity (Wildman–Crippen MR) is 108 cm³/mol. The summed E-state index contributed by atoms with van der Waals surface area (Å²) in [7, 11) is 0. The van der Waals surface area contributed by atoms with Crippen LogP contribution in [0.1, 0.15) is 42.5 Å². The topological polar surface area (TPSA) is 100.0 Å². The maximum atomic E-state index is 14.4. The SMILES string of the molecule is NC(=O)N1CCC(O)C1c1cnn2ccc(N3CCC[C@@H]3c3cc(F)ccc3F)nc12. The third kappa shape index (κ3) is 3.27. The smallest absolute Gasteiger partial charge is 0.315 e. The van der Waals surface area contributed by atoms with Crippen molar-refractivity contribution in [3.63, 3.8) is 0 Å². The average molecular weight is 428 g/mol. The van der Waals surface area contributed by atoms with E-state index in [9.17, 15) is 18.7 Å². The van der Waals surface area contributed by atoms with Gasteiger partial charge >= 0.3 is 6.03 Å². The molecule has 31 heavy (non-hydrogen) atoms. The fourth-order valence-electron chi connectivity index (χ4n) is 4.78. The van der Waals surface area contributed by atoms with Gasteiger partial charge in [0.25, 0.3) is 0 Å². The van der Waals surface area contributed by atoms with Crippen molar-refractivity contribution in [2.24, 2.45) is 5.73 Å². The summed E-state index contributed by atoms with van der Waals surface area (Å²) < 4.78 is 29.8. The molecule has 2 aliphatic heterocycles. The zero-order valence-electron chi connectivity index (χ0n) is 16.7. The van der Waals surface area contributed by atoms with Crippen LogP contribution in [0.5, 0.6) is 0 Å². The summed E-state index contributed by atoms with van der Waals surface area (Å²) in [6.07, 6.45) is 4.44. The first-order valence-electron chi connectivity index (χ1n) is 10.2. The molecule has 2 aliphatic rings. The predicted octanol–water partition coefficient (Wildman–Crippen LogP) is 2.54. The largest absolute Gasteiger partial charge is 0.391 e. The number of aliphatic hydroxyl groups is 1. The highest BCUT2D eigenvalue weighted by Gasteiger charge is 2.38. The molecule has 2 unspecified atom stereocenters. The lowest BCUT2D eigenvalue weighted by molar-refractivity contribution is 0.126. The molecule has 2 saturated heterocycles. The van der Waals surface area contributed by atoms with Gasteiger partial charge in [-0.2, -0.15) is 5.10 Å². The number of hydrogen-bond acceptors (Lipinski definition) is 5. The number of nitrogens with two attached hydrogens (primary N) is 1. The first kappa shape index (κ1) is 19.7. The van der Waals surface area contributed by atoms with Crippen LogP contribution in [-0.4, -0.2) is 49.8 Å². The number of aliphatic hydroxyl groups excluding tert-OH is 1. The first-order valence-corrected chi connectivity index (χ1v) is 10.2. The summed E-state index contributed by atoms with van der Waals surface area (Å²) >= 11 is 0. The number of likely N-dealkylation sites (tertiary alicyclic amines) is 1. The number of carbonyl (C=O) groups is 1. The number of amides is 2. The summed E-state index contributed by atoms with van der Waals surface area (Å²) in [5.74, 6) is -0.333. The van der Waals surface area contributed by atoms with Crippen LogP contribution in [-0.2, 0) is 0 Å². The minimum absolute atomic E-state index is 0.305. The molecule has 2 aromatic heterocycles. The maximum Gasteiger partial charge on any atom is 0.315 e. The molecule has 2 amide bonds. The van der Waals surface area contributed by atoms with E-state index in [0.717, 1.165) is 18.6 Å². The Balaban J connectivity index is 1.55. The van der Waals surface area contributed by atoms with Crippen LogP contribution in [0, 0.1) is 11.6 Å². The van der Waals surface area contributed by atoms with Gasteiger partial charge in [-0.15, -0.1) is 0 Å². The number of urea groups is 1. The number of hydrogen-bond donors (Lipinski definition) is 2. The number of primary amides is 1. The van der Waals surface area contributed by atoms with Crippen LogP contribution in [0.2, 0.25) is 0 Å². The zero-order chi connectivity index (χ0) is 21.7. The van der Waals surface area contributed by atoms with E-state index in [2.05, 4.69) is 5.10 Å². The van der Waals surface area contributed by atoms with Crippen LogP contribution in [0.25, 0.3) is 5.65 Å². The van der Waals surface area contributed by atoms with Gasteiger partial charge in [0.05, 0.1) is 24.4 Å². The van der Waals surface area contributed by atoms with Crippen molar-refractivity contribution in [2.45, 2.75) is 37.5 Å². The van der Waals surface area contributed by atoms with Gasteiger partial charge in [0.1, 0.15) is 17.5 Å². The summed E-state index contributed by atoms with van der Waals surface area (Å²) in [5.41, 5.74) is 6.88. The monoisotopic (exact) mass is 428 g/mol. The Bertz CT molecular complexity index is 1150. The van der Waals surface area contributed by atoms with Crippen molar-refractivity contribution in [2.75, 3.05) is 18.0 Å². The number of halogens is 2. The van der Waals surface area contributed by atoms with E-state index in [1.807, 2.05) is 4.90 Å². The van der Waals surface area contributed by atoms with E-state index in [-0.39, 0.29) is 6.04 Å². The van der Waals surface area contributed by atoms with E-state index < -0.39 is 29.8 Å². The summed E-state index contributed by atoms with van der Waals surface area (Å²) in [6.45, 7) is 0.998. The lowest BCUT2D eigenvalue weighted by Crippen LogP contribution is -2.37. The molecule has 3 N–H and O–H groups in total. The molecule has 8 nitrogen and oxygen atoms in total. The lowest BCUT2D eigenvalue weighted by Gasteiger charge is -2.27. The Morgan fingerprint density at radius 2 is 2.00 bits per heavy atom. The van der Waals surface area contributed by atoms with Gasteiger partial charge in [-0.1, -0.05) is 0 Å². The highest BCUT2D eigenvalue weighted by Crippen LogP contribution is 2.38. The number of carbonyl (C=O) groups excluding carboxylic acids is 1. The first-order chi connectivity index (χ1) is 14.9. The number of aromatic nitrogens is 3. The van der Waals surface area contributed by atoms with E-state index in [4.69, 9.17) is 10.7 Å². The van der Waals surface area contributed by atoms with Crippen molar-refractivity contribution in [3.05, 3.63) is 59.4 Å². The summed E-state index contributed by atoms with van der Waals surface area (Å²) in [6, 6.07) is 3.68. The van der Waals surface area contributed by atoms with Crippen LogP contribution in [0.15, 0.2) is 36.7 Å². The lowest BCUT2D eigenvalue weighted by atomic mass is 10.0. The molecule has 3 aromatic rings. The third-order valence-electron chi connectivity index (χ3n) is 6.21. The van der Waals surface area contributed by atoms with Crippen molar-refractivity contribution in [1.82, 2.24) is 19.5 Å². The summed E-state index contributed by atoms with van der Waals surface area (Å²) in [4.78, 5) is 19.9. The number of anilines is 1. The molecule has 2 fully saturated rings. The molecule has 1 aromatic carbocycles. The van der Waals surface area contributed by atoms with E-state index in [1.165, 1.54) is 11.0 Å². The molecule has 0 radical (unpaired) electrons. The molecule has 10 heteroatoms. The minimum atomic E-state index is -0.771. The van der Waals surface area contributed by atoms with E-state index in [0.29, 0.717) is 48.5 Å². The molecule has 0 aliphatic carbocycles. The maximum absolute atomic E-state index is 14.4. The van der Waals surface area contributed by atoms with Gasteiger partial charge in [-0.05, 0) is 43.5 Å². The van der Waals surface area contributed by atoms with Crippen LogP contribution in [0.3, 0.4) is 0 Å².